The summed E-state index contributed by atoms with van der Waals surface area (Å²) in [6, 6.07) is 6.60. The number of carbonyl (C=O) groups is 1. The first-order valence-corrected chi connectivity index (χ1v) is 7.52. The van der Waals surface area contributed by atoms with Gasteiger partial charge in [0.05, 0.1) is 4.92 Å². The van der Waals surface area contributed by atoms with Crippen LogP contribution in [0.2, 0.25) is 0 Å². The molecular formula is C15H23ClN4O3. The average Bonchev–Trinajstić information content (AvgIpc) is 3.05. The van der Waals surface area contributed by atoms with Crippen LogP contribution in [-0.2, 0) is 4.79 Å². The van der Waals surface area contributed by atoms with Crippen LogP contribution in [-0.4, -0.2) is 48.5 Å². The summed E-state index contributed by atoms with van der Waals surface area (Å²) < 4.78 is 0. The SMILES string of the molecule is CN(C(=O)CCCNc1ccc([N+](=O)[O-])cc1)C1CCNC1.Cl. The molecule has 128 valence electrons. The molecule has 1 amide bonds. The second-order valence-electron chi connectivity index (χ2n) is 5.49. The standard InChI is InChI=1S/C15H22N4O3.ClH/c1-18(14-8-10-16-11-14)15(20)3-2-9-17-12-4-6-13(7-5-12)19(21)22;/h4-7,14,16-17H,2-3,8-11H2,1H3;1H. The van der Waals surface area contributed by atoms with Crippen molar-refractivity contribution in [1.29, 1.82) is 0 Å². The lowest BCUT2D eigenvalue weighted by molar-refractivity contribution is -0.384. The van der Waals surface area contributed by atoms with Crippen molar-refractivity contribution in [3.8, 4) is 0 Å². The number of nitro benzene ring substituents is 1. The lowest BCUT2D eigenvalue weighted by Gasteiger charge is -2.23. The number of hydrogen-bond donors (Lipinski definition) is 2. The average molecular weight is 343 g/mol. The van der Waals surface area contributed by atoms with Crippen molar-refractivity contribution >= 4 is 29.7 Å². The highest BCUT2D eigenvalue weighted by Gasteiger charge is 2.22. The van der Waals surface area contributed by atoms with E-state index in [1.54, 1.807) is 12.1 Å². The number of halogens is 1. The van der Waals surface area contributed by atoms with Crippen LogP contribution in [0.25, 0.3) is 0 Å². The van der Waals surface area contributed by atoms with Crippen molar-refractivity contribution < 1.29 is 9.72 Å². The van der Waals surface area contributed by atoms with E-state index in [2.05, 4.69) is 10.6 Å². The van der Waals surface area contributed by atoms with Gasteiger partial charge in [0.2, 0.25) is 5.91 Å². The van der Waals surface area contributed by atoms with Gasteiger partial charge in [-0.05, 0) is 31.5 Å². The van der Waals surface area contributed by atoms with E-state index in [1.165, 1.54) is 12.1 Å². The number of hydrogen-bond acceptors (Lipinski definition) is 5. The summed E-state index contributed by atoms with van der Waals surface area (Å²) >= 11 is 0. The van der Waals surface area contributed by atoms with E-state index in [9.17, 15) is 14.9 Å². The molecule has 23 heavy (non-hydrogen) atoms. The number of anilines is 1. The zero-order valence-corrected chi connectivity index (χ0v) is 14.0. The molecule has 0 aliphatic carbocycles. The molecule has 0 spiro atoms. The fourth-order valence-corrected chi connectivity index (χ4v) is 2.52. The molecule has 0 radical (unpaired) electrons. The second-order valence-corrected chi connectivity index (χ2v) is 5.49. The molecule has 1 fully saturated rings. The molecule has 2 rings (SSSR count). The van der Waals surface area contributed by atoms with Crippen molar-refractivity contribution in [3.05, 3.63) is 34.4 Å². The van der Waals surface area contributed by atoms with Gasteiger partial charge in [-0.1, -0.05) is 0 Å². The van der Waals surface area contributed by atoms with Gasteiger partial charge in [0.25, 0.3) is 5.69 Å². The number of amides is 1. The number of rotatable bonds is 7. The first-order valence-electron chi connectivity index (χ1n) is 7.52. The maximum Gasteiger partial charge on any atom is 0.269 e. The Balaban J connectivity index is 0.00000264. The molecule has 1 heterocycles. The van der Waals surface area contributed by atoms with Crippen LogP contribution < -0.4 is 10.6 Å². The third-order valence-corrected chi connectivity index (χ3v) is 3.95. The molecule has 1 unspecified atom stereocenters. The largest absolute Gasteiger partial charge is 0.385 e. The fourth-order valence-electron chi connectivity index (χ4n) is 2.52. The van der Waals surface area contributed by atoms with Gasteiger partial charge in [-0.3, -0.25) is 14.9 Å². The quantitative estimate of drug-likeness (QED) is 0.450. The minimum Gasteiger partial charge on any atom is -0.385 e. The summed E-state index contributed by atoms with van der Waals surface area (Å²) in [7, 11) is 1.86. The Hall–Kier alpha value is -1.86. The topological polar surface area (TPSA) is 87.5 Å². The molecule has 1 aromatic carbocycles. The first kappa shape index (κ1) is 19.2. The summed E-state index contributed by atoms with van der Waals surface area (Å²) in [5.74, 6) is 0.166. The Kier molecular flexibility index (Phi) is 7.77. The number of nitro groups is 1. The van der Waals surface area contributed by atoms with Crippen LogP contribution >= 0.6 is 12.4 Å². The molecule has 1 saturated heterocycles. The van der Waals surface area contributed by atoms with Crippen molar-refractivity contribution in [1.82, 2.24) is 10.2 Å². The van der Waals surface area contributed by atoms with Crippen molar-refractivity contribution in [2.75, 3.05) is 32.0 Å². The molecule has 0 saturated carbocycles. The van der Waals surface area contributed by atoms with Gasteiger partial charge in [0.1, 0.15) is 0 Å². The van der Waals surface area contributed by atoms with E-state index in [1.807, 2.05) is 11.9 Å². The van der Waals surface area contributed by atoms with Gasteiger partial charge in [-0.2, -0.15) is 0 Å². The Morgan fingerprint density at radius 2 is 2.13 bits per heavy atom. The second kappa shape index (κ2) is 9.32. The lowest BCUT2D eigenvalue weighted by atomic mass is 10.2. The number of carbonyl (C=O) groups excluding carboxylic acids is 1. The number of benzene rings is 1. The highest BCUT2D eigenvalue weighted by Crippen LogP contribution is 2.15. The maximum atomic E-state index is 12.1. The van der Waals surface area contributed by atoms with E-state index in [4.69, 9.17) is 0 Å². The Morgan fingerprint density at radius 3 is 2.70 bits per heavy atom. The van der Waals surface area contributed by atoms with Crippen LogP contribution in [0.4, 0.5) is 11.4 Å². The molecule has 1 aliphatic rings. The minimum absolute atomic E-state index is 0. The summed E-state index contributed by atoms with van der Waals surface area (Å²) in [4.78, 5) is 24.0. The number of nitrogens with zero attached hydrogens (tertiary/aromatic N) is 2. The summed E-state index contributed by atoms with van der Waals surface area (Å²) in [5.41, 5.74) is 0.902. The monoisotopic (exact) mass is 342 g/mol. The molecule has 2 N–H and O–H groups in total. The van der Waals surface area contributed by atoms with Crippen LogP contribution in [0.5, 0.6) is 0 Å². The molecule has 1 atom stereocenters. The summed E-state index contributed by atoms with van der Waals surface area (Å²) in [6.07, 6.45) is 2.26. The van der Waals surface area contributed by atoms with Gasteiger partial charge in [0.15, 0.2) is 0 Å². The van der Waals surface area contributed by atoms with Gasteiger partial charge >= 0.3 is 0 Å². The van der Waals surface area contributed by atoms with Gasteiger partial charge in [0, 0.05) is 50.4 Å². The third kappa shape index (κ3) is 5.69. The zero-order chi connectivity index (χ0) is 15.9. The molecule has 8 heteroatoms. The highest BCUT2D eigenvalue weighted by atomic mass is 35.5. The first-order chi connectivity index (χ1) is 10.6. The van der Waals surface area contributed by atoms with E-state index < -0.39 is 4.92 Å². The molecule has 1 aliphatic heterocycles. The van der Waals surface area contributed by atoms with Gasteiger partial charge < -0.3 is 15.5 Å². The number of nitrogens with one attached hydrogen (secondary N) is 2. The summed E-state index contributed by atoms with van der Waals surface area (Å²) in [6.45, 7) is 2.52. The highest BCUT2D eigenvalue weighted by molar-refractivity contribution is 5.85. The maximum absolute atomic E-state index is 12.1. The fraction of sp³-hybridized carbons (Fsp3) is 0.533. The smallest absolute Gasteiger partial charge is 0.269 e. The van der Waals surface area contributed by atoms with E-state index in [-0.39, 0.29) is 24.0 Å². The Morgan fingerprint density at radius 1 is 1.43 bits per heavy atom. The van der Waals surface area contributed by atoms with Crippen molar-refractivity contribution in [3.63, 3.8) is 0 Å². The van der Waals surface area contributed by atoms with Crippen LogP contribution in [0.15, 0.2) is 24.3 Å². The van der Waals surface area contributed by atoms with E-state index >= 15 is 0 Å². The van der Waals surface area contributed by atoms with Crippen molar-refractivity contribution in [2.45, 2.75) is 25.3 Å². The Labute approximate surface area is 142 Å². The normalized spacial score (nSPS) is 16.5. The predicted octanol–water partition coefficient (Wildman–Crippen LogP) is 2.03. The molecule has 7 nitrogen and oxygen atoms in total. The molecular weight excluding hydrogens is 320 g/mol. The van der Waals surface area contributed by atoms with Crippen LogP contribution in [0.3, 0.4) is 0 Å². The van der Waals surface area contributed by atoms with Crippen LogP contribution in [0.1, 0.15) is 19.3 Å². The summed E-state index contributed by atoms with van der Waals surface area (Å²) in [5, 5.41) is 17.0. The zero-order valence-electron chi connectivity index (χ0n) is 13.2. The predicted molar refractivity (Wildman–Crippen MR) is 92.1 cm³/mol. The number of non-ortho nitro benzene ring substituents is 1. The van der Waals surface area contributed by atoms with Gasteiger partial charge in [-0.25, -0.2) is 0 Å². The minimum atomic E-state index is -0.420. The van der Waals surface area contributed by atoms with E-state index in [0.29, 0.717) is 19.0 Å². The number of likely N-dealkylation sites (N-methyl/N-ethyl adjacent to an activating group) is 1. The molecule has 1 aromatic rings. The van der Waals surface area contributed by atoms with E-state index in [0.717, 1.165) is 31.6 Å². The van der Waals surface area contributed by atoms with Gasteiger partial charge in [-0.15, -0.1) is 12.4 Å². The van der Waals surface area contributed by atoms with Crippen molar-refractivity contribution in [2.24, 2.45) is 0 Å². The van der Waals surface area contributed by atoms with Crippen LogP contribution in [0, 0.1) is 10.1 Å². The lowest BCUT2D eigenvalue weighted by Crippen LogP contribution is -2.38. The molecule has 0 aromatic heterocycles. The molecule has 0 bridgehead atoms. The third-order valence-electron chi connectivity index (χ3n) is 3.95. The Bertz CT molecular complexity index is 518.